The van der Waals surface area contributed by atoms with E-state index in [2.05, 4.69) is 0 Å². The van der Waals surface area contributed by atoms with Crippen molar-refractivity contribution in [2.75, 3.05) is 12.5 Å². The first-order valence-corrected chi connectivity index (χ1v) is 6.18. The van der Waals surface area contributed by atoms with E-state index in [0.717, 1.165) is 12.5 Å². The van der Waals surface area contributed by atoms with Crippen LogP contribution in [0.5, 0.6) is 0 Å². The summed E-state index contributed by atoms with van der Waals surface area (Å²) in [5, 5.41) is 0. The van der Waals surface area contributed by atoms with Crippen molar-refractivity contribution in [2.45, 2.75) is 5.51 Å². The Kier molecular flexibility index (Phi) is 4.94. The van der Waals surface area contributed by atoms with Gasteiger partial charge in [-0.25, -0.2) is 8.42 Å². The van der Waals surface area contributed by atoms with Crippen LogP contribution in [0.15, 0.2) is 0 Å². The van der Waals surface area contributed by atoms with Gasteiger partial charge >= 0.3 is 15.6 Å². The molecule has 0 unspecified atom stereocenters. The minimum Gasteiger partial charge on any atom is -0.279 e. The number of hydrogen-bond donors (Lipinski definition) is 1. The van der Waals surface area contributed by atoms with Crippen LogP contribution < -0.4 is 0 Å². The van der Waals surface area contributed by atoms with Crippen LogP contribution in [0.1, 0.15) is 0 Å². The number of halogens is 3. The molecule has 10 heteroatoms. The Balaban J connectivity index is 0. The normalized spacial score (nSPS) is 13.1. The molecule has 0 aliphatic carbocycles. The van der Waals surface area contributed by atoms with Crippen molar-refractivity contribution >= 4 is 20.0 Å². The molecule has 0 aliphatic rings. The minimum atomic E-state index is -5.84. The van der Waals surface area contributed by atoms with Gasteiger partial charge in [0.15, 0.2) is 0 Å². The van der Waals surface area contributed by atoms with Gasteiger partial charge in [-0.05, 0) is 0 Å². The first-order chi connectivity index (χ1) is 5.25. The maximum absolute atomic E-state index is 10.7. The van der Waals surface area contributed by atoms with Gasteiger partial charge in [0, 0.05) is 12.5 Å². The molecule has 0 aromatic rings. The zero-order valence-corrected chi connectivity index (χ0v) is 8.16. The molecule has 0 aliphatic heterocycles. The third-order valence-corrected chi connectivity index (χ3v) is 0.877. The van der Waals surface area contributed by atoms with E-state index in [1.807, 2.05) is 0 Å². The molecule has 0 radical (unpaired) electrons. The van der Waals surface area contributed by atoms with E-state index >= 15 is 0 Å². The molecule has 0 atom stereocenters. The van der Waals surface area contributed by atoms with Crippen LogP contribution in [0.4, 0.5) is 13.2 Å². The predicted molar refractivity (Wildman–Crippen MR) is 38.4 cm³/mol. The molecule has 0 heterocycles. The van der Waals surface area contributed by atoms with Gasteiger partial charge in [0.2, 0.25) is 0 Å². The summed E-state index contributed by atoms with van der Waals surface area (Å²) in [5.74, 6) is 0. The molecule has 1 N–H and O–H groups in total. The van der Waals surface area contributed by atoms with Crippen LogP contribution >= 0.6 is 0 Å². The topological polar surface area (TPSA) is 88.5 Å². The van der Waals surface area contributed by atoms with E-state index in [4.69, 9.17) is 13.0 Å². The van der Waals surface area contributed by atoms with Crippen LogP contribution in [-0.2, 0) is 20.0 Å². The van der Waals surface area contributed by atoms with Crippen molar-refractivity contribution < 1.29 is 34.6 Å². The molecule has 0 rings (SSSR count). The van der Waals surface area contributed by atoms with E-state index < -0.39 is 25.5 Å². The summed E-state index contributed by atoms with van der Waals surface area (Å²) in [6.07, 6.45) is 2.32. The molecule has 13 heavy (non-hydrogen) atoms. The highest BCUT2D eigenvalue weighted by Gasteiger charge is 2.44. The average Bonchev–Trinajstić information content (AvgIpc) is 1.50. The number of alkyl halides is 3. The van der Waals surface area contributed by atoms with E-state index in [1.54, 1.807) is 0 Å². The Hall–Kier alpha value is -0.350. The standard InChI is InChI=1S/C2H6O2S.CHF3O3S/c1-5(2,3)4;2-1(3,4)8(5,6)7/h1-2H3;(H,5,6,7). The maximum Gasteiger partial charge on any atom is 0.522 e. The molecule has 0 aromatic carbocycles. The lowest BCUT2D eigenvalue weighted by Gasteiger charge is -1.97. The first-order valence-electron chi connectivity index (χ1n) is 2.44. The number of hydrogen-bond acceptors (Lipinski definition) is 4. The second-order valence-corrected chi connectivity index (χ2v) is 5.76. The molecule has 0 spiro atoms. The van der Waals surface area contributed by atoms with Crippen LogP contribution in [0, 0.1) is 0 Å². The van der Waals surface area contributed by atoms with Gasteiger partial charge in [-0.2, -0.15) is 21.6 Å². The Bertz CT molecular complexity index is 328. The molecule has 0 aromatic heterocycles. The smallest absolute Gasteiger partial charge is 0.279 e. The molecule has 0 amide bonds. The quantitative estimate of drug-likeness (QED) is 0.480. The van der Waals surface area contributed by atoms with Crippen molar-refractivity contribution in [3.8, 4) is 0 Å². The lowest BCUT2D eigenvalue weighted by atomic mass is 11.6. The molecule has 0 saturated carbocycles. The van der Waals surface area contributed by atoms with Gasteiger partial charge in [0.25, 0.3) is 0 Å². The van der Waals surface area contributed by atoms with Gasteiger partial charge in [-0.3, -0.25) is 4.55 Å². The highest BCUT2D eigenvalue weighted by molar-refractivity contribution is 7.89. The molecular weight excluding hydrogens is 237 g/mol. The van der Waals surface area contributed by atoms with Crippen LogP contribution in [0.3, 0.4) is 0 Å². The van der Waals surface area contributed by atoms with Crippen molar-refractivity contribution in [2.24, 2.45) is 0 Å². The van der Waals surface area contributed by atoms with E-state index in [9.17, 15) is 21.6 Å². The molecule has 0 fully saturated rings. The van der Waals surface area contributed by atoms with Gasteiger partial charge in [0.05, 0.1) is 0 Å². The number of rotatable bonds is 0. The van der Waals surface area contributed by atoms with Crippen molar-refractivity contribution in [1.29, 1.82) is 0 Å². The highest BCUT2D eigenvalue weighted by Crippen LogP contribution is 2.20. The SMILES string of the molecule is CS(C)(=O)=O.O=S(=O)(O)C(F)(F)F. The zero-order chi connectivity index (χ0) is 11.5. The minimum absolute atomic E-state index is 1.16. The fraction of sp³-hybridized carbons (Fsp3) is 1.00. The molecule has 0 saturated heterocycles. The summed E-state index contributed by atoms with van der Waals surface area (Å²) in [4.78, 5) is 0. The third-order valence-electron chi connectivity index (χ3n) is 0.292. The summed E-state index contributed by atoms with van der Waals surface area (Å²) in [6.45, 7) is 0. The summed E-state index contributed by atoms with van der Waals surface area (Å²) < 4.78 is 76.8. The largest absolute Gasteiger partial charge is 0.522 e. The second kappa shape index (κ2) is 4.24. The van der Waals surface area contributed by atoms with Crippen molar-refractivity contribution in [3.63, 3.8) is 0 Å². The highest BCUT2D eigenvalue weighted by atomic mass is 32.2. The average molecular weight is 244 g/mol. The van der Waals surface area contributed by atoms with Crippen LogP contribution in [-0.4, -0.2) is 39.4 Å². The lowest BCUT2D eigenvalue weighted by molar-refractivity contribution is -0.0510. The van der Waals surface area contributed by atoms with Gasteiger partial charge in [-0.15, -0.1) is 0 Å². The van der Waals surface area contributed by atoms with Crippen LogP contribution in [0.2, 0.25) is 0 Å². The summed E-state index contributed by atoms with van der Waals surface area (Å²) >= 11 is 0. The number of sulfone groups is 1. The van der Waals surface area contributed by atoms with Crippen molar-refractivity contribution in [3.05, 3.63) is 0 Å². The van der Waals surface area contributed by atoms with Gasteiger partial charge in [-0.1, -0.05) is 0 Å². The second-order valence-electron chi connectivity index (χ2n) is 2.06. The zero-order valence-electron chi connectivity index (χ0n) is 6.53. The Morgan fingerprint density at radius 1 is 1.00 bits per heavy atom. The molecule has 82 valence electrons. The van der Waals surface area contributed by atoms with E-state index in [0.29, 0.717) is 0 Å². The Morgan fingerprint density at radius 2 is 1.08 bits per heavy atom. The molecular formula is C3H7F3O5S2. The molecule has 5 nitrogen and oxygen atoms in total. The van der Waals surface area contributed by atoms with Crippen molar-refractivity contribution in [1.82, 2.24) is 0 Å². The van der Waals surface area contributed by atoms with Gasteiger partial charge < -0.3 is 0 Å². The first kappa shape index (κ1) is 15.1. The van der Waals surface area contributed by atoms with Gasteiger partial charge in [0.1, 0.15) is 9.84 Å². The summed E-state index contributed by atoms with van der Waals surface area (Å²) in [5.41, 5.74) is -5.53. The Labute approximate surface area is 73.2 Å². The van der Waals surface area contributed by atoms with E-state index in [-0.39, 0.29) is 0 Å². The Morgan fingerprint density at radius 3 is 1.08 bits per heavy atom. The summed E-state index contributed by atoms with van der Waals surface area (Å²) in [7, 11) is -8.51. The predicted octanol–water partition coefficient (Wildman–Crippen LogP) is 0.0548. The summed E-state index contributed by atoms with van der Waals surface area (Å²) in [6, 6.07) is 0. The maximum atomic E-state index is 10.7. The monoisotopic (exact) mass is 244 g/mol. The molecule has 0 bridgehead atoms. The fourth-order valence-corrected chi connectivity index (χ4v) is 0. The van der Waals surface area contributed by atoms with E-state index in [1.165, 1.54) is 0 Å². The third kappa shape index (κ3) is 14.5. The lowest BCUT2D eigenvalue weighted by Crippen LogP contribution is -2.21. The van der Waals surface area contributed by atoms with Crippen LogP contribution in [0.25, 0.3) is 0 Å². The fourth-order valence-electron chi connectivity index (χ4n) is 0.